The lowest BCUT2D eigenvalue weighted by Crippen LogP contribution is -2.32. The van der Waals surface area contributed by atoms with Gasteiger partial charge in [-0.15, -0.1) is 0 Å². The minimum absolute atomic E-state index is 0.0145. The Morgan fingerprint density at radius 3 is 2.73 bits per heavy atom. The summed E-state index contributed by atoms with van der Waals surface area (Å²) >= 11 is 0. The van der Waals surface area contributed by atoms with E-state index < -0.39 is 0 Å². The van der Waals surface area contributed by atoms with Gasteiger partial charge in [-0.25, -0.2) is 0 Å². The SMILES string of the molecule is CN1CCCC1CCN1CC(=O)CC1=O. The van der Waals surface area contributed by atoms with E-state index in [-0.39, 0.29) is 18.1 Å². The average Bonchev–Trinajstić information content (AvgIpc) is 2.70. The van der Waals surface area contributed by atoms with Crippen molar-refractivity contribution in [3.63, 3.8) is 0 Å². The van der Waals surface area contributed by atoms with Gasteiger partial charge >= 0.3 is 0 Å². The lowest BCUT2D eigenvalue weighted by Gasteiger charge is -2.22. The summed E-state index contributed by atoms with van der Waals surface area (Å²) in [5, 5.41) is 0. The first-order valence-corrected chi connectivity index (χ1v) is 5.66. The summed E-state index contributed by atoms with van der Waals surface area (Å²) in [4.78, 5) is 26.5. The van der Waals surface area contributed by atoms with Crippen LogP contribution in [0.5, 0.6) is 0 Å². The first-order valence-electron chi connectivity index (χ1n) is 5.66. The van der Waals surface area contributed by atoms with Crippen LogP contribution in [0.15, 0.2) is 0 Å². The van der Waals surface area contributed by atoms with Crippen LogP contribution in [-0.2, 0) is 9.59 Å². The third kappa shape index (κ3) is 2.37. The maximum absolute atomic E-state index is 11.4. The second-order valence-electron chi connectivity index (χ2n) is 4.60. The van der Waals surface area contributed by atoms with Gasteiger partial charge in [0, 0.05) is 12.6 Å². The molecule has 2 fully saturated rings. The fourth-order valence-electron chi connectivity index (χ4n) is 2.49. The molecule has 2 aliphatic rings. The Morgan fingerprint density at radius 1 is 1.40 bits per heavy atom. The van der Waals surface area contributed by atoms with Crippen molar-refractivity contribution in [1.29, 1.82) is 0 Å². The van der Waals surface area contributed by atoms with Crippen molar-refractivity contribution in [2.45, 2.75) is 31.7 Å². The Hall–Kier alpha value is -0.900. The summed E-state index contributed by atoms with van der Waals surface area (Å²) < 4.78 is 0. The van der Waals surface area contributed by atoms with Gasteiger partial charge in [-0.2, -0.15) is 0 Å². The third-order valence-corrected chi connectivity index (χ3v) is 3.47. The van der Waals surface area contributed by atoms with Crippen molar-refractivity contribution in [3.8, 4) is 0 Å². The van der Waals surface area contributed by atoms with Crippen molar-refractivity contribution < 1.29 is 9.59 Å². The van der Waals surface area contributed by atoms with Crippen molar-refractivity contribution >= 4 is 11.7 Å². The van der Waals surface area contributed by atoms with Gasteiger partial charge in [0.05, 0.1) is 13.0 Å². The second kappa shape index (κ2) is 4.31. The highest BCUT2D eigenvalue weighted by atomic mass is 16.2. The molecule has 0 N–H and O–H groups in total. The molecule has 0 aromatic rings. The molecule has 2 aliphatic heterocycles. The van der Waals surface area contributed by atoms with Crippen LogP contribution in [0.25, 0.3) is 0 Å². The number of hydrogen-bond acceptors (Lipinski definition) is 3. The standard InChI is InChI=1S/C11H18N2O2/c1-12-5-2-3-9(12)4-6-13-8-10(14)7-11(13)15/h9H,2-8H2,1H3. The number of Topliss-reactive ketones (excluding diaryl/α,β-unsaturated/α-hetero) is 1. The van der Waals surface area contributed by atoms with E-state index in [0.717, 1.165) is 19.5 Å². The minimum Gasteiger partial charge on any atom is -0.335 e. The Labute approximate surface area is 90.2 Å². The fraction of sp³-hybridized carbons (Fsp3) is 0.818. The number of rotatable bonds is 3. The molecule has 1 unspecified atom stereocenters. The van der Waals surface area contributed by atoms with Gasteiger partial charge in [0.15, 0.2) is 5.78 Å². The molecule has 0 saturated carbocycles. The van der Waals surface area contributed by atoms with Crippen LogP contribution in [0.4, 0.5) is 0 Å². The van der Waals surface area contributed by atoms with Gasteiger partial charge in [-0.1, -0.05) is 0 Å². The summed E-state index contributed by atoms with van der Waals surface area (Å²) in [7, 11) is 2.13. The number of ketones is 1. The number of likely N-dealkylation sites (tertiary alicyclic amines) is 2. The summed E-state index contributed by atoms with van der Waals surface area (Å²) in [6.45, 7) is 2.26. The predicted molar refractivity (Wildman–Crippen MR) is 56.5 cm³/mol. The maximum atomic E-state index is 11.4. The van der Waals surface area contributed by atoms with E-state index in [1.807, 2.05) is 0 Å². The second-order valence-corrected chi connectivity index (χ2v) is 4.60. The molecule has 0 aromatic heterocycles. The maximum Gasteiger partial charge on any atom is 0.230 e. The average molecular weight is 210 g/mol. The van der Waals surface area contributed by atoms with E-state index in [1.54, 1.807) is 4.90 Å². The molecule has 0 aromatic carbocycles. The molecule has 1 atom stereocenters. The molecule has 84 valence electrons. The lowest BCUT2D eigenvalue weighted by molar-refractivity contribution is -0.128. The Kier molecular flexibility index (Phi) is 3.05. The Morgan fingerprint density at radius 2 is 2.20 bits per heavy atom. The molecule has 4 heteroatoms. The number of hydrogen-bond donors (Lipinski definition) is 0. The van der Waals surface area contributed by atoms with E-state index in [2.05, 4.69) is 11.9 Å². The lowest BCUT2D eigenvalue weighted by atomic mass is 10.1. The van der Waals surface area contributed by atoms with Gasteiger partial charge in [0.2, 0.25) is 5.91 Å². The largest absolute Gasteiger partial charge is 0.335 e. The first kappa shape index (κ1) is 10.6. The molecule has 4 nitrogen and oxygen atoms in total. The Bertz CT molecular complexity index is 278. The molecule has 0 bridgehead atoms. The number of carbonyl (C=O) groups excluding carboxylic acids is 2. The van der Waals surface area contributed by atoms with Crippen LogP contribution < -0.4 is 0 Å². The predicted octanol–water partition coefficient (Wildman–Crippen LogP) is 0.272. The highest BCUT2D eigenvalue weighted by Gasteiger charge is 2.28. The van der Waals surface area contributed by atoms with Gasteiger partial charge in [-0.05, 0) is 32.9 Å². The minimum atomic E-state index is 0.0145. The molecular formula is C11H18N2O2. The van der Waals surface area contributed by atoms with E-state index in [4.69, 9.17) is 0 Å². The van der Waals surface area contributed by atoms with Crippen LogP contribution >= 0.6 is 0 Å². The highest BCUT2D eigenvalue weighted by Crippen LogP contribution is 2.19. The summed E-state index contributed by atoms with van der Waals surface area (Å²) in [6, 6.07) is 0.605. The smallest absolute Gasteiger partial charge is 0.230 e. The van der Waals surface area contributed by atoms with Crippen LogP contribution in [0.3, 0.4) is 0 Å². The van der Waals surface area contributed by atoms with Crippen molar-refractivity contribution in [2.75, 3.05) is 26.7 Å². The first-order chi connectivity index (χ1) is 7.16. The highest BCUT2D eigenvalue weighted by molar-refractivity contribution is 6.05. The number of nitrogens with zero attached hydrogens (tertiary/aromatic N) is 2. The normalized spacial score (nSPS) is 28.1. The van der Waals surface area contributed by atoms with Crippen LogP contribution in [0, 0.1) is 0 Å². The van der Waals surface area contributed by atoms with Gasteiger partial charge in [-0.3, -0.25) is 9.59 Å². The van der Waals surface area contributed by atoms with E-state index in [0.29, 0.717) is 12.6 Å². The van der Waals surface area contributed by atoms with E-state index in [1.165, 1.54) is 12.8 Å². The zero-order chi connectivity index (χ0) is 10.8. The van der Waals surface area contributed by atoms with Crippen LogP contribution in [0.1, 0.15) is 25.7 Å². The quantitative estimate of drug-likeness (QED) is 0.628. The molecule has 2 saturated heterocycles. The fourth-order valence-corrected chi connectivity index (χ4v) is 2.49. The molecule has 15 heavy (non-hydrogen) atoms. The molecule has 0 spiro atoms. The van der Waals surface area contributed by atoms with Crippen molar-refractivity contribution in [2.24, 2.45) is 0 Å². The third-order valence-electron chi connectivity index (χ3n) is 3.47. The molecular weight excluding hydrogens is 192 g/mol. The molecule has 0 radical (unpaired) electrons. The van der Waals surface area contributed by atoms with Crippen LogP contribution in [0.2, 0.25) is 0 Å². The monoisotopic (exact) mass is 210 g/mol. The summed E-state index contributed by atoms with van der Waals surface area (Å²) in [5.41, 5.74) is 0. The van der Waals surface area contributed by atoms with E-state index >= 15 is 0 Å². The van der Waals surface area contributed by atoms with Crippen molar-refractivity contribution in [1.82, 2.24) is 9.80 Å². The van der Waals surface area contributed by atoms with Gasteiger partial charge in [0.25, 0.3) is 0 Å². The zero-order valence-corrected chi connectivity index (χ0v) is 9.24. The van der Waals surface area contributed by atoms with Crippen molar-refractivity contribution in [3.05, 3.63) is 0 Å². The summed E-state index contributed by atoms with van der Waals surface area (Å²) in [6.07, 6.45) is 3.62. The van der Waals surface area contributed by atoms with Gasteiger partial charge < -0.3 is 9.80 Å². The number of carbonyl (C=O) groups is 2. The van der Waals surface area contributed by atoms with Gasteiger partial charge in [0.1, 0.15) is 0 Å². The van der Waals surface area contributed by atoms with E-state index in [9.17, 15) is 9.59 Å². The molecule has 1 amide bonds. The molecule has 0 aliphatic carbocycles. The molecule has 2 rings (SSSR count). The topological polar surface area (TPSA) is 40.6 Å². The Balaban J connectivity index is 1.78. The van der Waals surface area contributed by atoms with Crippen LogP contribution in [-0.4, -0.2) is 54.2 Å². The molecule has 2 heterocycles. The zero-order valence-electron chi connectivity index (χ0n) is 9.24. The number of amides is 1. The summed E-state index contributed by atoms with van der Waals surface area (Å²) in [5.74, 6) is 0.0837.